The topological polar surface area (TPSA) is 34.2 Å². The summed E-state index contributed by atoms with van der Waals surface area (Å²) in [6.45, 7) is 0. The number of ether oxygens (including phenoxy) is 1. The van der Waals surface area contributed by atoms with Gasteiger partial charge in [-0.1, -0.05) is 12.5 Å². The maximum Gasteiger partial charge on any atom is 0.221 e. The van der Waals surface area contributed by atoms with Gasteiger partial charge in [-0.15, -0.1) is 0 Å². The molecule has 0 amide bonds. The summed E-state index contributed by atoms with van der Waals surface area (Å²) in [7, 11) is 1.93. The number of hydrogen-bond donors (Lipinski definition) is 1. The number of nitrogens with one attached hydrogen (secondary N) is 1. The molecule has 0 bridgehead atoms. The van der Waals surface area contributed by atoms with E-state index >= 15 is 0 Å². The van der Waals surface area contributed by atoms with Crippen molar-refractivity contribution in [1.82, 2.24) is 4.98 Å². The second-order valence-corrected chi connectivity index (χ2v) is 5.18. The van der Waals surface area contributed by atoms with Crippen molar-refractivity contribution in [2.24, 2.45) is 0 Å². The molecular formula is C16H20N2O. The Kier molecular flexibility index (Phi) is 3.53. The second-order valence-electron chi connectivity index (χ2n) is 5.18. The molecule has 1 aliphatic rings. The van der Waals surface area contributed by atoms with Crippen LogP contribution in [-0.2, 0) is 0 Å². The average molecular weight is 256 g/mol. The van der Waals surface area contributed by atoms with Crippen molar-refractivity contribution in [3.8, 4) is 5.88 Å². The molecule has 3 heteroatoms. The maximum absolute atomic E-state index is 6.13. The van der Waals surface area contributed by atoms with Crippen LogP contribution in [0.25, 0.3) is 10.8 Å². The number of rotatable bonds is 3. The van der Waals surface area contributed by atoms with E-state index in [4.69, 9.17) is 4.74 Å². The quantitative estimate of drug-likeness (QED) is 0.901. The highest BCUT2D eigenvalue weighted by atomic mass is 16.5. The summed E-state index contributed by atoms with van der Waals surface area (Å²) in [6.07, 6.45) is 8.37. The average Bonchev–Trinajstić information content (AvgIpc) is 2.48. The van der Waals surface area contributed by atoms with Gasteiger partial charge in [0.2, 0.25) is 5.88 Å². The highest BCUT2D eigenvalue weighted by molar-refractivity contribution is 5.89. The van der Waals surface area contributed by atoms with E-state index in [9.17, 15) is 0 Å². The zero-order valence-corrected chi connectivity index (χ0v) is 11.4. The Balaban J connectivity index is 1.92. The molecule has 0 saturated heterocycles. The van der Waals surface area contributed by atoms with E-state index in [1.54, 1.807) is 0 Å². The van der Waals surface area contributed by atoms with Crippen LogP contribution in [0.2, 0.25) is 0 Å². The van der Waals surface area contributed by atoms with Gasteiger partial charge in [-0.05, 0) is 49.3 Å². The molecule has 0 atom stereocenters. The second kappa shape index (κ2) is 5.47. The Labute approximate surface area is 114 Å². The number of benzene rings is 1. The smallest absolute Gasteiger partial charge is 0.221 e. The van der Waals surface area contributed by atoms with Gasteiger partial charge in [-0.2, -0.15) is 0 Å². The summed E-state index contributed by atoms with van der Waals surface area (Å²) < 4.78 is 6.13. The van der Waals surface area contributed by atoms with Crippen molar-refractivity contribution in [3.05, 3.63) is 30.5 Å². The highest BCUT2D eigenvalue weighted by Crippen LogP contribution is 2.29. The third kappa shape index (κ3) is 2.65. The summed E-state index contributed by atoms with van der Waals surface area (Å²) in [5.41, 5.74) is 1.09. The van der Waals surface area contributed by atoms with E-state index < -0.39 is 0 Å². The van der Waals surface area contributed by atoms with Crippen LogP contribution < -0.4 is 10.1 Å². The summed E-state index contributed by atoms with van der Waals surface area (Å²) in [5, 5.41) is 5.44. The maximum atomic E-state index is 6.13. The molecule has 1 aliphatic carbocycles. The molecule has 1 aromatic heterocycles. The minimum Gasteiger partial charge on any atom is -0.474 e. The Morgan fingerprint density at radius 2 is 2.00 bits per heavy atom. The molecule has 100 valence electrons. The zero-order chi connectivity index (χ0) is 13.1. The van der Waals surface area contributed by atoms with E-state index in [2.05, 4.69) is 28.5 Å². The lowest BCUT2D eigenvalue weighted by molar-refractivity contribution is 0.151. The van der Waals surface area contributed by atoms with Crippen LogP contribution in [0.15, 0.2) is 30.5 Å². The Bertz CT molecular complexity index is 562. The molecule has 19 heavy (non-hydrogen) atoms. The van der Waals surface area contributed by atoms with Gasteiger partial charge < -0.3 is 10.1 Å². The van der Waals surface area contributed by atoms with E-state index in [-0.39, 0.29) is 0 Å². The van der Waals surface area contributed by atoms with E-state index in [1.807, 2.05) is 19.3 Å². The van der Waals surface area contributed by atoms with E-state index in [0.29, 0.717) is 6.10 Å². The van der Waals surface area contributed by atoms with Crippen molar-refractivity contribution in [3.63, 3.8) is 0 Å². The van der Waals surface area contributed by atoms with Crippen LogP contribution in [0, 0.1) is 0 Å². The van der Waals surface area contributed by atoms with Crippen LogP contribution >= 0.6 is 0 Å². The molecule has 3 nitrogen and oxygen atoms in total. The number of nitrogens with zero attached hydrogens (tertiary/aromatic N) is 1. The molecule has 1 saturated carbocycles. The Morgan fingerprint density at radius 3 is 2.79 bits per heavy atom. The zero-order valence-electron chi connectivity index (χ0n) is 11.4. The summed E-state index contributed by atoms with van der Waals surface area (Å²) in [5.74, 6) is 0.779. The van der Waals surface area contributed by atoms with Crippen LogP contribution in [0.4, 0.5) is 5.69 Å². The molecule has 1 N–H and O–H groups in total. The van der Waals surface area contributed by atoms with Crippen molar-refractivity contribution >= 4 is 16.5 Å². The van der Waals surface area contributed by atoms with Crippen LogP contribution in [0.3, 0.4) is 0 Å². The van der Waals surface area contributed by atoms with E-state index in [0.717, 1.165) is 29.8 Å². The first-order chi connectivity index (χ1) is 9.36. The predicted octanol–water partition coefficient (Wildman–Crippen LogP) is 3.99. The lowest BCUT2D eigenvalue weighted by Gasteiger charge is -2.23. The molecule has 0 radical (unpaired) electrons. The summed E-state index contributed by atoms with van der Waals surface area (Å²) in [4.78, 5) is 4.43. The first kappa shape index (κ1) is 12.3. The largest absolute Gasteiger partial charge is 0.474 e. The summed E-state index contributed by atoms with van der Waals surface area (Å²) in [6, 6.07) is 8.33. The number of fused-ring (bicyclic) bond motifs is 1. The van der Waals surface area contributed by atoms with Gasteiger partial charge in [-0.25, -0.2) is 4.98 Å². The standard InChI is InChI=1S/C16H20N2O/c1-17-13-8-7-12-9-10-18-16(15(12)11-13)19-14-5-3-2-4-6-14/h7-11,14,17H,2-6H2,1H3. The van der Waals surface area contributed by atoms with Crippen LogP contribution in [0.1, 0.15) is 32.1 Å². The van der Waals surface area contributed by atoms with Crippen molar-refractivity contribution in [2.45, 2.75) is 38.2 Å². The minimum absolute atomic E-state index is 0.338. The molecular weight excluding hydrogens is 236 g/mol. The number of pyridine rings is 1. The van der Waals surface area contributed by atoms with Crippen LogP contribution in [-0.4, -0.2) is 18.1 Å². The fourth-order valence-electron chi connectivity index (χ4n) is 2.73. The third-order valence-corrected chi connectivity index (χ3v) is 3.85. The fourth-order valence-corrected chi connectivity index (χ4v) is 2.73. The minimum atomic E-state index is 0.338. The third-order valence-electron chi connectivity index (χ3n) is 3.85. The monoisotopic (exact) mass is 256 g/mol. The number of anilines is 1. The molecule has 2 aromatic rings. The number of hydrogen-bond acceptors (Lipinski definition) is 3. The molecule has 1 fully saturated rings. The molecule has 0 aliphatic heterocycles. The van der Waals surface area contributed by atoms with Crippen molar-refractivity contribution in [2.75, 3.05) is 12.4 Å². The van der Waals surface area contributed by atoms with Gasteiger partial charge in [0, 0.05) is 24.3 Å². The lowest BCUT2D eigenvalue weighted by Crippen LogP contribution is -2.20. The molecule has 1 aromatic carbocycles. The van der Waals surface area contributed by atoms with Gasteiger partial charge in [0.15, 0.2) is 0 Å². The number of aromatic nitrogens is 1. The summed E-state index contributed by atoms with van der Waals surface area (Å²) >= 11 is 0. The first-order valence-corrected chi connectivity index (χ1v) is 7.10. The van der Waals surface area contributed by atoms with Crippen LogP contribution in [0.5, 0.6) is 5.88 Å². The van der Waals surface area contributed by atoms with Crippen molar-refractivity contribution in [1.29, 1.82) is 0 Å². The van der Waals surface area contributed by atoms with Gasteiger partial charge >= 0.3 is 0 Å². The Morgan fingerprint density at radius 1 is 1.16 bits per heavy atom. The predicted molar refractivity (Wildman–Crippen MR) is 78.8 cm³/mol. The molecule has 3 rings (SSSR count). The van der Waals surface area contributed by atoms with Crippen molar-refractivity contribution < 1.29 is 4.74 Å². The van der Waals surface area contributed by atoms with Gasteiger partial charge in [0.05, 0.1) is 0 Å². The van der Waals surface area contributed by atoms with Gasteiger partial charge in [0.1, 0.15) is 6.10 Å². The van der Waals surface area contributed by atoms with Gasteiger partial charge in [0.25, 0.3) is 0 Å². The molecule has 0 unspecified atom stereocenters. The molecule has 0 spiro atoms. The molecule has 1 heterocycles. The normalized spacial score (nSPS) is 16.5. The lowest BCUT2D eigenvalue weighted by atomic mass is 9.98. The van der Waals surface area contributed by atoms with Gasteiger partial charge in [-0.3, -0.25) is 0 Å². The first-order valence-electron chi connectivity index (χ1n) is 7.10. The fraction of sp³-hybridized carbons (Fsp3) is 0.438. The Hall–Kier alpha value is -1.77. The van der Waals surface area contributed by atoms with E-state index in [1.165, 1.54) is 24.6 Å². The SMILES string of the molecule is CNc1ccc2ccnc(OC3CCCCC3)c2c1. The highest BCUT2D eigenvalue weighted by Gasteiger charge is 2.16.